The maximum Gasteiger partial charge on any atom is 0.242 e. The maximum absolute atomic E-state index is 13.0. The van der Waals surface area contributed by atoms with E-state index < -0.39 is 33.9 Å². The zero-order valence-electron chi connectivity index (χ0n) is 20.6. The van der Waals surface area contributed by atoms with Gasteiger partial charge in [0, 0.05) is 18.7 Å². The van der Waals surface area contributed by atoms with Crippen LogP contribution in [0, 0.1) is 5.41 Å². The van der Waals surface area contributed by atoms with Crippen molar-refractivity contribution in [2.45, 2.75) is 44.1 Å². The lowest BCUT2D eigenvalue weighted by Gasteiger charge is -2.21. The highest BCUT2D eigenvalue weighted by molar-refractivity contribution is 7.88. The number of hydrogen-bond donors (Lipinski definition) is 7. The Morgan fingerprint density at radius 1 is 0.973 bits per heavy atom. The van der Waals surface area contributed by atoms with Crippen LogP contribution in [0.2, 0.25) is 0 Å². The molecule has 0 bridgehead atoms. The van der Waals surface area contributed by atoms with Gasteiger partial charge in [0.25, 0.3) is 0 Å². The Hall–Kier alpha value is -3.97. The average Bonchev–Trinajstić information content (AvgIpc) is 2.84. The van der Waals surface area contributed by atoms with Crippen LogP contribution in [-0.2, 0) is 31.9 Å². The average molecular weight is 531 g/mol. The summed E-state index contributed by atoms with van der Waals surface area (Å²) >= 11 is 0. The summed E-state index contributed by atoms with van der Waals surface area (Å²) in [5, 5.41) is 12.7. The Morgan fingerprint density at radius 2 is 1.62 bits per heavy atom. The van der Waals surface area contributed by atoms with E-state index in [4.69, 9.17) is 22.6 Å². The Balaban J connectivity index is 2.00. The predicted octanol–water partition coefficient (Wildman–Crippen LogP) is -0.367. The number of carbonyl (C=O) groups is 2. The zero-order chi connectivity index (χ0) is 27.4. The van der Waals surface area contributed by atoms with Crippen molar-refractivity contribution in [3.8, 4) is 0 Å². The molecule has 0 unspecified atom stereocenters. The molecule has 0 fully saturated rings. The molecule has 0 saturated carbocycles. The zero-order valence-corrected chi connectivity index (χ0v) is 21.4. The molecule has 2 rings (SSSR count). The number of rotatable bonds is 14. The summed E-state index contributed by atoms with van der Waals surface area (Å²) in [6, 6.07) is 13.3. The molecule has 0 aliphatic carbocycles. The molecule has 200 valence electrons. The lowest BCUT2D eigenvalue weighted by molar-refractivity contribution is -0.129. The van der Waals surface area contributed by atoms with Crippen LogP contribution < -0.4 is 32.6 Å². The molecule has 2 aromatic rings. The van der Waals surface area contributed by atoms with Crippen LogP contribution in [0.25, 0.3) is 0 Å². The van der Waals surface area contributed by atoms with Crippen molar-refractivity contribution in [3.05, 3.63) is 71.3 Å². The van der Waals surface area contributed by atoms with E-state index in [1.54, 1.807) is 54.6 Å². The summed E-state index contributed by atoms with van der Waals surface area (Å²) in [6.45, 7) is 1.91. The van der Waals surface area contributed by atoms with Gasteiger partial charge in [0.1, 0.15) is 17.9 Å². The van der Waals surface area contributed by atoms with Gasteiger partial charge in [0.15, 0.2) is 5.96 Å². The summed E-state index contributed by atoms with van der Waals surface area (Å²) in [5.41, 5.74) is 18.0. The standard InChI is InChI=1S/C24H34N8O4S/c1-16(22(33)30-14-17-9-11-19(12-10-17)21(25)26)31-23(34)20(8-5-13-29-24(27)28)32-37(35,36)15-18-6-3-2-4-7-18/h2-4,6-7,9-12,16,20,32H,5,8,13-15H2,1H3,(H3,25,26)(H,30,33)(H,31,34)(H4,27,28,29)/t16-,20+/m0/s1. The van der Waals surface area contributed by atoms with Crippen LogP contribution in [0.15, 0.2) is 59.6 Å². The van der Waals surface area contributed by atoms with Crippen molar-refractivity contribution < 1.29 is 18.0 Å². The Labute approximate surface area is 216 Å². The Morgan fingerprint density at radius 3 is 2.22 bits per heavy atom. The molecule has 12 nitrogen and oxygen atoms in total. The molecule has 10 N–H and O–H groups in total. The van der Waals surface area contributed by atoms with Crippen molar-refractivity contribution >= 4 is 33.6 Å². The third kappa shape index (κ3) is 10.7. The van der Waals surface area contributed by atoms with E-state index in [2.05, 4.69) is 20.3 Å². The van der Waals surface area contributed by atoms with Gasteiger partial charge >= 0.3 is 0 Å². The van der Waals surface area contributed by atoms with Crippen LogP contribution in [-0.4, -0.2) is 50.7 Å². The van der Waals surface area contributed by atoms with Crippen molar-refractivity contribution in [1.29, 1.82) is 5.41 Å². The lowest BCUT2D eigenvalue weighted by Crippen LogP contribution is -2.52. The highest BCUT2D eigenvalue weighted by Crippen LogP contribution is 2.08. The van der Waals surface area contributed by atoms with Crippen molar-refractivity contribution in [3.63, 3.8) is 0 Å². The van der Waals surface area contributed by atoms with E-state index in [0.29, 0.717) is 17.5 Å². The van der Waals surface area contributed by atoms with Crippen LogP contribution in [0.5, 0.6) is 0 Å². The molecular weight excluding hydrogens is 496 g/mol. The SMILES string of the molecule is C[C@H](NC(=O)[C@@H](CCCN=C(N)N)NS(=O)(=O)Cc1ccccc1)C(=O)NCc1ccc(C(=N)N)cc1. The lowest BCUT2D eigenvalue weighted by atomic mass is 10.1. The molecule has 0 aliphatic rings. The van der Waals surface area contributed by atoms with Crippen LogP contribution >= 0.6 is 0 Å². The summed E-state index contributed by atoms with van der Waals surface area (Å²) in [6.07, 6.45) is 0.453. The van der Waals surface area contributed by atoms with Gasteiger partial charge in [-0.15, -0.1) is 0 Å². The molecule has 0 aliphatic heterocycles. The number of nitrogen functional groups attached to an aromatic ring is 1. The minimum absolute atomic E-state index is 0.0563. The molecule has 0 spiro atoms. The molecule has 37 heavy (non-hydrogen) atoms. The molecule has 2 aromatic carbocycles. The summed E-state index contributed by atoms with van der Waals surface area (Å²) in [4.78, 5) is 29.4. The van der Waals surface area contributed by atoms with E-state index in [1.165, 1.54) is 6.92 Å². The molecule has 2 amide bonds. The van der Waals surface area contributed by atoms with E-state index in [-0.39, 0.29) is 37.1 Å². The number of amidine groups is 1. The number of nitrogens with one attached hydrogen (secondary N) is 4. The van der Waals surface area contributed by atoms with E-state index in [9.17, 15) is 18.0 Å². The summed E-state index contributed by atoms with van der Waals surface area (Å²) in [7, 11) is -3.86. The molecule has 0 aromatic heterocycles. The van der Waals surface area contributed by atoms with Crippen LogP contribution in [0.1, 0.15) is 36.5 Å². The number of nitrogens with two attached hydrogens (primary N) is 3. The minimum atomic E-state index is -3.86. The molecule has 0 heterocycles. The van der Waals surface area contributed by atoms with E-state index in [1.807, 2.05) is 0 Å². The number of hydrogen-bond acceptors (Lipinski definition) is 6. The number of aliphatic imine (C=N–C) groups is 1. The smallest absolute Gasteiger partial charge is 0.242 e. The number of sulfonamides is 1. The van der Waals surface area contributed by atoms with Gasteiger partial charge in [0.2, 0.25) is 21.8 Å². The molecule has 13 heteroatoms. The molecular formula is C24H34N8O4S. The maximum atomic E-state index is 13.0. The highest BCUT2D eigenvalue weighted by atomic mass is 32.2. The monoisotopic (exact) mass is 530 g/mol. The Bertz CT molecular complexity index is 1200. The van der Waals surface area contributed by atoms with Gasteiger partial charge in [-0.25, -0.2) is 13.1 Å². The highest BCUT2D eigenvalue weighted by Gasteiger charge is 2.27. The van der Waals surface area contributed by atoms with Gasteiger partial charge in [-0.1, -0.05) is 54.6 Å². The fourth-order valence-corrected chi connectivity index (χ4v) is 4.70. The minimum Gasteiger partial charge on any atom is -0.384 e. The first-order valence-electron chi connectivity index (χ1n) is 11.6. The Kier molecular flexibility index (Phi) is 11.0. The third-order valence-electron chi connectivity index (χ3n) is 5.27. The van der Waals surface area contributed by atoms with Gasteiger partial charge in [-0.2, -0.15) is 0 Å². The fourth-order valence-electron chi connectivity index (χ4n) is 3.32. The van der Waals surface area contributed by atoms with E-state index in [0.717, 1.165) is 5.56 Å². The first kappa shape index (κ1) is 29.3. The normalized spacial score (nSPS) is 12.7. The quantitative estimate of drug-likeness (QED) is 0.0975. The topological polar surface area (TPSA) is 219 Å². The third-order valence-corrected chi connectivity index (χ3v) is 6.62. The van der Waals surface area contributed by atoms with Gasteiger partial charge < -0.3 is 27.8 Å². The van der Waals surface area contributed by atoms with E-state index >= 15 is 0 Å². The van der Waals surface area contributed by atoms with Crippen molar-refractivity contribution in [2.24, 2.45) is 22.2 Å². The van der Waals surface area contributed by atoms with Crippen LogP contribution in [0.3, 0.4) is 0 Å². The first-order chi connectivity index (χ1) is 17.5. The van der Waals surface area contributed by atoms with Crippen molar-refractivity contribution in [1.82, 2.24) is 15.4 Å². The van der Waals surface area contributed by atoms with Gasteiger partial charge in [-0.05, 0) is 30.9 Å². The van der Waals surface area contributed by atoms with Gasteiger partial charge in [0.05, 0.1) is 5.75 Å². The summed E-state index contributed by atoms with van der Waals surface area (Å²) < 4.78 is 27.9. The predicted molar refractivity (Wildman–Crippen MR) is 143 cm³/mol. The number of amides is 2. The summed E-state index contributed by atoms with van der Waals surface area (Å²) in [5.74, 6) is -1.56. The molecule has 0 saturated heterocycles. The van der Waals surface area contributed by atoms with Gasteiger partial charge in [-0.3, -0.25) is 20.0 Å². The second kappa shape index (κ2) is 13.9. The second-order valence-electron chi connectivity index (χ2n) is 8.42. The number of nitrogens with zero attached hydrogens (tertiary/aromatic N) is 1. The number of guanidine groups is 1. The van der Waals surface area contributed by atoms with Crippen LogP contribution in [0.4, 0.5) is 0 Å². The number of benzene rings is 2. The van der Waals surface area contributed by atoms with Crippen molar-refractivity contribution in [2.75, 3.05) is 6.54 Å². The molecule has 0 radical (unpaired) electrons. The second-order valence-corrected chi connectivity index (χ2v) is 10.2. The molecule has 2 atom stereocenters. The number of carbonyl (C=O) groups excluding carboxylic acids is 2. The first-order valence-corrected chi connectivity index (χ1v) is 13.2. The fraction of sp³-hybridized carbons (Fsp3) is 0.333. The largest absolute Gasteiger partial charge is 0.384 e.